The lowest BCUT2D eigenvalue weighted by Crippen LogP contribution is -2.37. The van der Waals surface area contributed by atoms with Crippen molar-refractivity contribution in [2.75, 3.05) is 49.1 Å². The summed E-state index contributed by atoms with van der Waals surface area (Å²) in [6.07, 6.45) is -4.20. The van der Waals surface area contributed by atoms with Crippen LogP contribution in [0.1, 0.15) is 0 Å². The van der Waals surface area contributed by atoms with E-state index in [0.29, 0.717) is 25.2 Å². The summed E-state index contributed by atoms with van der Waals surface area (Å²) in [5.41, 5.74) is 0.526. The number of alkyl halides is 2. The van der Waals surface area contributed by atoms with E-state index in [-0.39, 0.29) is 31.9 Å². The molecule has 0 aliphatic carbocycles. The average molecular weight is 416 g/mol. The van der Waals surface area contributed by atoms with E-state index in [0.717, 1.165) is 9.96 Å². The van der Waals surface area contributed by atoms with Gasteiger partial charge in [-0.1, -0.05) is 0 Å². The lowest BCUT2D eigenvalue weighted by molar-refractivity contribution is -0.166. The fraction of sp³-hybridized carbons (Fsp3) is 0.471. The fourth-order valence-corrected chi connectivity index (χ4v) is 3.04. The van der Waals surface area contributed by atoms with Crippen molar-refractivity contribution in [3.63, 3.8) is 0 Å². The normalized spacial score (nSPS) is 19.9. The van der Waals surface area contributed by atoms with E-state index in [1.54, 1.807) is 4.90 Å². The zero-order valence-corrected chi connectivity index (χ0v) is 15.2. The Labute approximate surface area is 163 Å². The number of rotatable bonds is 6. The minimum atomic E-state index is -3.16. The van der Waals surface area contributed by atoms with E-state index in [1.165, 1.54) is 18.2 Å². The molecule has 0 unspecified atom stereocenters. The van der Waals surface area contributed by atoms with Gasteiger partial charge in [-0.2, -0.15) is 8.78 Å². The summed E-state index contributed by atoms with van der Waals surface area (Å²) in [6, 6.07) is 4.20. The number of nitrogens with one attached hydrogen (secondary N) is 1. The van der Waals surface area contributed by atoms with Crippen LogP contribution in [-0.4, -0.2) is 75.3 Å². The average Bonchev–Trinajstić information content (AvgIpc) is 2.91. The number of anilines is 2. The Kier molecular flexibility index (Phi) is 6.42. The number of ether oxygens (including phenoxy) is 1. The number of nitrogens with zero attached hydrogens (tertiary/aromatic N) is 3. The van der Waals surface area contributed by atoms with Gasteiger partial charge in [0.05, 0.1) is 37.6 Å². The number of carbonyl (C=O) groups excluding carboxylic acids is 3. The summed E-state index contributed by atoms with van der Waals surface area (Å²) in [6.45, 7) is 0.935. The SMILES string of the molecule is O=CN1CCN(c2ccc(N3C[C@H](CNC(=O)C(F)F)OC3=O)cc2F)CCO1. The van der Waals surface area contributed by atoms with E-state index in [9.17, 15) is 27.6 Å². The standard InChI is InChI=1S/C17H19F3N4O5/c18-13-7-11(1-2-14(13)22-3-4-23(10-25)28-6-5-22)24-9-12(29-17(24)27)8-21-16(26)15(19)20/h1-2,7,10,12,15H,3-6,8-9H2,(H,21,26)/t12-/m0/s1. The third-order valence-corrected chi connectivity index (χ3v) is 4.49. The Morgan fingerprint density at radius 1 is 1.31 bits per heavy atom. The molecule has 3 amide bonds. The second kappa shape index (κ2) is 8.99. The Morgan fingerprint density at radius 2 is 2.10 bits per heavy atom. The van der Waals surface area contributed by atoms with E-state index in [1.807, 2.05) is 5.32 Å². The summed E-state index contributed by atoms with van der Waals surface area (Å²) in [5, 5.41) is 3.12. The van der Waals surface area contributed by atoms with Crippen LogP contribution in [0.15, 0.2) is 18.2 Å². The predicted molar refractivity (Wildman–Crippen MR) is 94.0 cm³/mol. The van der Waals surface area contributed by atoms with Crippen LogP contribution in [0.5, 0.6) is 0 Å². The third-order valence-electron chi connectivity index (χ3n) is 4.49. The van der Waals surface area contributed by atoms with Crippen molar-refractivity contribution in [3.8, 4) is 0 Å². The summed E-state index contributed by atoms with van der Waals surface area (Å²) >= 11 is 0. The molecule has 2 heterocycles. The highest BCUT2D eigenvalue weighted by molar-refractivity contribution is 5.90. The first-order valence-corrected chi connectivity index (χ1v) is 8.82. The van der Waals surface area contributed by atoms with Gasteiger partial charge in [-0.15, -0.1) is 0 Å². The first kappa shape index (κ1) is 20.7. The van der Waals surface area contributed by atoms with Crippen LogP contribution < -0.4 is 15.1 Å². The minimum absolute atomic E-state index is 0.0208. The maximum atomic E-state index is 14.7. The molecule has 0 radical (unpaired) electrons. The van der Waals surface area contributed by atoms with Crippen molar-refractivity contribution < 1.29 is 37.1 Å². The zero-order valence-electron chi connectivity index (χ0n) is 15.2. The van der Waals surface area contributed by atoms with Gasteiger partial charge in [0.2, 0.25) is 6.41 Å². The summed E-state index contributed by atoms with van der Waals surface area (Å²) in [7, 11) is 0. The Morgan fingerprint density at radius 3 is 2.79 bits per heavy atom. The number of hydrogen-bond acceptors (Lipinski definition) is 6. The number of benzene rings is 1. The van der Waals surface area contributed by atoms with Crippen LogP contribution in [0, 0.1) is 5.82 Å². The van der Waals surface area contributed by atoms with Gasteiger partial charge in [0.25, 0.3) is 5.91 Å². The Balaban J connectivity index is 1.64. The van der Waals surface area contributed by atoms with E-state index >= 15 is 0 Å². The molecular weight excluding hydrogens is 397 g/mol. The van der Waals surface area contributed by atoms with Crippen LogP contribution >= 0.6 is 0 Å². The van der Waals surface area contributed by atoms with Crippen molar-refractivity contribution in [1.82, 2.24) is 10.4 Å². The largest absolute Gasteiger partial charge is 0.442 e. The van der Waals surface area contributed by atoms with Crippen molar-refractivity contribution >= 4 is 29.8 Å². The zero-order chi connectivity index (χ0) is 21.0. The summed E-state index contributed by atoms with van der Waals surface area (Å²) < 4.78 is 44.1. The van der Waals surface area contributed by atoms with Gasteiger partial charge < -0.3 is 15.0 Å². The van der Waals surface area contributed by atoms with Crippen LogP contribution in [0.25, 0.3) is 0 Å². The highest BCUT2D eigenvalue weighted by Gasteiger charge is 2.33. The molecule has 2 saturated heterocycles. The molecule has 9 nitrogen and oxygen atoms in total. The van der Waals surface area contributed by atoms with E-state index in [2.05, 4.69) is 0 Å². The van der Waals surface area contributed by atoms with Crippen molar-refractivity contribution in [3.05, 3.63) is 24.0 Å². The van der Waals surface area contributed by atoms with Crippen LogP contribution in [0.2, 0.25) is 0 Å². The number of cyclic esters (lactones) is 1. The van der Waals surface area contributed by atoms with Crippen molar-refractivity contribution in [1.29, 1.82) is 0 Å². The number of hydroxylamine groups is 2. The second-order valence-electron chi connectivity index (χ2n) is 6.36. The molecule has 0 aromatic heterocycles. The topological polar surface area (TPSA) is 91.4 Å². The molecule has 3 rings (SSSR count). The minimum Gasteiger partial charge on any atom is -0.442 e. The second-order valence-corrected chi connectivity index (χ2v) is 6.36. The maximum Gasteiger partial charge on any atom is 0.414 e. The van der Waals surface area contributed by atoms with Crippen LogP contribution in [-0.2, 0) is 19.2 Å². The van der Waals surface area contributed by atoms with Gasteiger partial charge in [0.15, 0.2) is 0 Å². The van der Waals surface area contributed by atoms with Gasteiger partial charge >= 0.3 is 12.5 Å². The molecular formula is C17H19F3N4O5. The third kappa shape index (κ3) is 4.88. The highest BCUT2D eigenvalue weighted by Crippen LogP contribution is 2.28. The first-order valence-electron chi connectivity index (χ1n) is 8.82. The van der Waals surface area contributed by atoms with Gasteiger partial charge in [0, 0.05) is 13.1 Å². The lowest BCUT2D eigenvalue weighted by Gasteiger charge is -2.23. The lowest BCUT2D eigenvalue weighted by atomic mass is 10.2. The molecule has 1 aromatic carbocycles. The van der Waals surface area contributed by atoms with Crippen molar-refractivity contribution in [2.24, 2.45) is 0 Å². The number of amides is 3. The molecule has 2 aliphatic heterocycles. The quantitative estimate of drug-likeness (QED) is 0.688. The molecule has 1 aromatic rings. The summed E-state index contributed by atoms with van der Waals surface area (Å²) in [4.78, 5) is 41.8. The van der Waals surface area contributed by atoms with Crippen molar-refractivity contribution in [2.45, 2.75) is 12.5 Å². The maximum absolute atomic E-state index is 14.7. The fourth-order valence-electron chi connectivity index (χ4n) is 3.04. The van der Waals surface area contributed by atoms with Gasteiger partial charge in [-0.3, -0.25) is 19.3 Å². The molecule has 0 saturated carbocycles. The molecule has 158 valence electrons. The smallest absolute Gasteiger partial charge is 0.414 e. The van der Waals surface area contributed by atoms with Gasteiger partial charge in [-0.25, -0.2) is 14.2 Å². The van der Waals surface area contributed by atoms with Crippen LogP contribution in [0.4, 0.5) is 29.3 Å². The first-order chi connectivity index (χ1) is 13.9. The molecule has 29 heavy (non-hydrogen) atoms. The Bertz CT molecular complexity index is 781. The predicted octanol–water partition coefficient (Wildman–Crippen LogP) is 0.742. The van der Waals surface area contributed by atoms with Gasteiger partial charge in [-0.05, 0) is 18.2 Å². The number of hydrogen-bond donors (Lipinski definition) is 1. The summed E-state index contributed by atoms with van der Waals surface area (Å²) in [5.74, 6) is -2.03. The molecule has 1 N–H and O–H groups in total. The molecule has 0 bridgehead atoms. The molecule has 12 heteroatoms. The van der Waals surface area contributed by atoms with E-state index in [4.69, 9.17) is 9.57 Å². The number of carbonyl (C=O) groups is 3. The molecule has 0 spiro atoms. The molecule has 2 aliphatic rings. The monoisotopic (exact) mass is 416 g/mol. The molecule has 2 fully saturated rings. The Hall–Kier alpha value is -3.02. The van der Waals surface area contributed by atoms with E-state index < -0.39 is 30.3 Å². The number of halogens is 3. The highest BCUT2D eigenvalue weighted by atomic mass is 19.3. The molecule has 1 atom stereocenters. The van der Waals surface area contributed by atoms with Gasteiger partial charge in [0.1, 0.15) is 11.9 Å². The van der Waals surface area contributed by atoms with Crippen LogP contribution in [0.3, 0.4) is 0 Å².